The lowest BCUT2D eigenvalue weighted by molar-refractivity contribution is 0.0787. The van der Waals surface area contributed by atoms with Crippen LogP contribution in [0.4, 0.5) is 0 Å². The molecule has 110 valence electrons. The third kappa shape index (κ3) is 2.59. The summed E-state index contributed by atoms with van der Waals surface area (Å²) < 4.78 is 3.96. The van der Waals surface area contributed by atoms with E-state index < -0.39 is 0 Å². The zero-order chi connectivity index (χ0) is 14.1. The van der Waals surface area contributed by atoms with Crippen LogP contribution in [0.1, 0.15) is 48.0 Å². The highest BCUT2D eigenvalue weighted by Gasteiger charge is 2.39. The number of aryl methyl sites for hydroxylation is 1. The molecular formula is C14H22N4OS. The van der Waals surface area contributed by atoms with Crippen LogP contribution in [-0.4, -0.2) is 39.5 Å². The van der Waals surface area contributed by atoms with E-state index >= 15 is 0 Å². The van der Waals surface area contributed by atoms with E-state index in [0.717, 1.165) is 49.3 Å². The smallest absolute Gasteiger partial charge is 0.267 e. The van der Waals surface area contributed by atoms with Crippen LogP contribution < -0.4 is 5.73 Å². The SMILES string of the molecule is CCCc1nnsc1C(=O)N1C[C@H]2CCC(N)C[C@H]2C1. The molecule has 0 radical (unpaired) electrons. The maximum absolute atomic E-state index is 12.7. The normalized spacial score (nSPS) is 29.5. The van der Waals surface area contributed by atoms with Gasteiger partial charge >= 0.3 is 0 Å². The number of hydrogen-bond acceptors (Lipinski definition) is 5. The Bertz CT molecular complexity index is 489. The average Bonchev–Trinajstić information content (AvgIpc) is 3.04. The molecule has 1 saturated heterocycles. The second kappa shape index (κ2) is 5.77. The summed E-state index contributed by atoms with van der Waals surface area (Å²) in [5.74, 6) is 1.37. The molecule has 1 aliphatic heterocycles. The van der Waals surface area contributed by atoms with Crippen LogP contribution in [0, 0.1) is 11.8 Å². The number of carbonyl (C=O) groups excluding carboxylic acids is 1. The fourth-order valence-electron chi connectivity index (χ4n) is 3.55. The maximum atomic E-state index is 12.7. The highest BCUT2D eigenvalue weighted by Crippen LogP contribution is 2.36. The summed E-state index contributed by atoms with van der Waals surface area (Å²) in [6, 6.07) is 0.326. The van der Waals surface area contributed by atoms with E-state index in [2.05, 4.69) is 16.5 Å². The third-order valence-electron chi connectivity index (χ3n) is 4.61. The average molecular weight is 294 g/mol. The van der Waals surface area contributed by atoms with Gasteiger partial charge in [-0.05, 0) is 49.1 Å². The van der Waals surface area contributed by atoms with Crippen LogP contribution in [0.2, 0.25) is 0 Å². The second-order valence-corrected chi connectivity index (χ2v) is 6.86. The zero-order valence-electron chi connectivity index (χ0n) is 11.9. The van der Waals surface area contributed by atoms with Crippen molar-refractivity contribution in [3.05, 3.63) is 10.6 Å². The number of nitrogens with zero attached hydrogens (tertiary/aromatic N) is 3. The Morgan fingerprint density at radius 3 is 3.00 bits per heavy atom. The number of amides is 1. The van der Waals surface area contributed by atoms with Crippen LogP contribution >= 0.6 is 11.5 Å². The first-order valence-electron chi connectivity index (χ1n) is 7.55. The van der Waals surface area contributed by atoms with Gasteiger partial charge in [0.15, 0.2) is 0 Å². The molecular weight excluding hydrogens is 272 g/mol. The predicted molar refractivity (Wildman–Crippen MR) is 78.6 cm³/mol. The highest BCUT2D eigenvalue weighted by atomic mass is 32.1. The van der Waals surface area contributed by atoms with Gasteiger partial charge in [-0.15, -0.1) is 5.10 Å². The molecule has 3 atom stereocenters. The highest BCUT2D eigenvalue weighted by molar-refractivity contribution is 7.08. The molecule has 1 saturated carbocycles. The molecule has 0 aromatic carbocycles. The Hall–Kier alpha value is -1.01. The van der Waals surface area contributed by atoms with Crippen LogP contribution in [0.5, 0.6) is 0 Å². The van der Waals surface area contributed by atoms with Crippen molar-refractivity contribution in [1.82, 2.24) is 14.5 Å². The number of fused-ring (bicyclic) bond motifs is 1. The first kappa shape index (κ1) is 13.9. The van der Waals surface area contributed by atoms with Gasteiger partial charge < -0.3 is 10.6 Å². The van der Waals surface area contributed by atoms with Gasteiger partial charge in [0.25, 0.3) is 5.91 Å². The molecule has 1 unspecified atom stereocenters. The van der Waals surface area contributed by atoms with Crippen molar-refractivity contribution in [3.8, 4) is 0 Å². The van der Waals surface area contributed by atoms with E-state index in [1.165, 1.54) is 18.0 Å². The molecule has 1 amide bonds. The standard InChI is InChI=1S/C14H22N4OS/c1-2-3-12-13(20-17-16-12)14(19)18-7-9-4-5-11(15)6-10(9)8-18/h9-11H,2-8,15H2,1H3/t9-,10+,11?/m1/s1. The number of nitrogens with two attached hydrogens (primary N) is 1. The summed E-state index contributed by atoms with van der Waals surface area (Å²) in [4.78, 5) is 15.4. The maximum Gasteiger partial charge on any atom is 0.267 e. The molecule has 3 rings (SSSR count). The minimum atomic E-state index is 0.131. The lowest BCUT2D eigenvalue weighted by Crippen LogP contribution is -2.32. The minimum absolute atomic E-state index is 0.131. The number of likely N-dealkylation sites (tertiary alicyclic amines) is 1. The first-order valence-corrected chi connectivity index (χ1v) is 8.32. The Balaban J connectivity index is 1.70. The van der Waals surface area contributed by atoms with E-state index in [1.807, 2.05) is 4.90 Å². The van der Waals surface area contributed by atoms with Crippen molar-refractivity contribution in [2.24, 2.45) is 17.6 Å². The zero-order valence-corrected chi connectivity index (χ0v) is 12.7. The molecule has 1 aromatic rings. The fourth-order valence-corrected chi connectivity index (χ4v) is 4.23. The fraction of sp³-hybridized carbons (Fsp3) is 0.786. The summed E-state index contributed by atoms with van der Waals surface area (Å²) in [5, 5.41) is 4.10. The second-order valence-electron chi connectivity index (χ2n) is 6.10. The topological polar surface area (TPSA) is 72.1 Å². The van der Waals surface area contributed by atoms with Crippen LogP contribution in [-0.2, 0) is 6.42 Å². The molecule has 0 bridgehead atoms. The van der Waals surface area contributed by atoms with Crippen LogP contribution in [0.15, 0.2) is 0 Å². The van der Waals surface area contributed by atoms with Crippen molar-refractivity contribution in [2.75, 3.05) is 13.1 Å². The van der Waals surface area contributed by atoms with Gasteiger partial charge in [-0.1, -0.05) is 17.8 Å². The van der Waals surface area contributed by atoms with E-state index in [-0.39, 0.29) is 5.91 Å². The third-order valence-corrected chi connectivity index (χ3v) is 5.37. The van der Waals surface area contributed by atoms with E-state index in [9.17, 15) is 4.79 Å². The molecule has 2 aliphatic rings. The number of hydrogen-bond donors (Lipinski definition) is 1. The summed E-state index contributed by atoms with van der Waals surface area (Å²) >= 11 is 1.24. The minimum Gasteiger partial charge on any atom is -0.337 e. The van der Waals surface area contributed by atoms with E-state index in [0.29, 0.717) is 17.9 Å². The van der Waals surface area contributed by atoms with Crippen LogP contribution in [0.3, 0.4) is 0 Å². The number of rotatable bonds is 3. The van der Waals surface area contributed by atoms with Gasteiger partial charge in [-0.3, -0.25) is 4.79 Å². The lowest BCUT2D eigenvalue weighted by atomic mass is 9.79. The molecule has 0 spiro atoms. The van der Waals surface area contributed by atoms with E-state index in [1.54, 1.807) is 0 Å². The van der Waals surface area contributed by atoms with Crippen molar-refractivity contribution >= 4 is 17.4 Å². The summed E-state index contributed by atoms with van der Waals surface area (Å²) in [6.45, 7) is 3.85. The molecule has 2 heterocycles. The van der Waals surface area contributed by atoms with Gasteiger partial charge in [0.2, 0.25) is 0 Å². The quantitative estimate of drug-likeness (QED) is 0.921. The van der Waals surface area contributed by atoms with Crippen molar-refractivity contribution < 1.29 is 4.79 Å². The molecule has 1 aromatic heterocycles. The first-order chi connectivity index (χ1) is 9.69. The van der Waals surface area contributed by atoms with Gasteiger partial charge in [-0.2, -0.15) is 0 Å². The molecule has 2 N–H and O–H groups in total. The molecule has 6 heteroatoms. The van der Waals surface area contributed by atoms with E-state index in [4.69, 9.17) is 5.73 Å². The largest absolute Gasteiger partial charge is 0.337 e. The molecule has 20 heavy (non-hydrogen) atoms. The molecule has 1 aliphatic carbocycles. The van der Waals surface area contributed by atoms with Gasteiger partial charge in [0.05, 0.1) is 5.69 Å². The Morgan fingerprint density at radius 2 is 2.20 bits per heavy atom. The van der Waals surface area contributed by atoms with Crippen molar-refractivity contribution in [2.45, 2.75) is 45.1 Å². The number of carbonyl (C=O) groups is 1. The summed E-state index contributed by atoms with van der Waals surface area (Å²) in [6.07, 6.45) is 5.16. The van der Waals surface area contributed by atoms with Gasteiger partial charge in [0, 0.05) is 19.1 Å². The summed E-state index contributed by atoms with van der Waals surface area (Å²) in [5.41, 5.74) is 6.92. The summed E-state index contributed by atoms with van der Waals surface area (Å²) in [7, 11) is 0. The van der Waals surface area contributed by atoms with Gasteiger partial charge in [0.1, 0.15) is 4.88 Å². The monoisotopic (exact) mass is 294 g/mol. The van der Waals surface area contributed by atoms with Crippen LogP contribution in [0.25, 0.3) is 0 Å². The van der Waals surface area contributed by atoms with Crippen molar-refractivity contribution in [1.29, 1.82) is 0 Å². The Morgan fingerprint density at radius 1 is 1.40 bits per heavy atom. The Kier molecular flexibility index (Phi) is 4.03. The molecule has 2 fully saturated rings. The lowest BCUT2D eigenvalue weighted by Gasteiger charge is -2.27. The number of aromatic nitrogens is 2. The Labute approximate surface area is 123 Å². The predicted octanol–water partition coefficient (Wildman–Crippen LogP) is 1.69. The van der Waals surface area contributed by atoms with Crippen molar-refractivity contribution in [3.63, 3.8) is 0 Å². The van der Waals surface area contributed by atoms with Gasteiger partial charge in [-0.25, -0.2) is 0 Å². The molecule has 5 nitrogen and oxygen atoms in total.